The number of nitrogens with one attached hydrogen (secondary N) is 1. The summed E-state index contributed by atoms with van der Waals surface area (Å²) in [7, 11) is -0.649. The Morgan fingerprint density at radius 1 is 1.32 bits per heavy atom. The molecule has 1 aromatic rings. The zero-order valence-corrected chi connectivity index (χ0v) is 12.5. The Morgan fingerprint density at radius 2 is 2.05 bits per heavy atom. The number of anilines is 1. The van der Waals surface area contributed by atoms with E-state index >= 15 is 0 Å². The molecule has 1 saturated heterocycles. The third kappa shape index (κ3) is 3.30. The first kappa shape index (κ1) is 13.4. The van der Waals surface area contributed by atoms with E-state index in [-0.39, 0.29) is 0 Å². The predicted molar refractivity (Wildman–Crippen MR) is 81.4 cm³/mol. The van der Waals surface area contributed by atoms with Crippen LogP contribution in [0.15, 0.2) is 18.2 Å². The van der Waals surface area contributed by atoms with Gasteiger partial charge >= 0.3 is 0 Å². The van der Waals surface area contributed by atoms with E-state index in [1.165, 1.54) is 18.4 Å². The molecule has 1 aliphatic carbocycles. The number of rotatable bonds is 4. The maximum absolute atomic E-state index is 11.5. The highest BCUT2D eigenvalue weighted by molar-refractivity contribution is 7.85. The van der Waals surface area contributed by atoms with Crippen molar-refractivity contribution in [3.05, 3.63) is 28.8 Å². The van der Waals surface area contributed by atoms with E-state index in [0.717, 1.165) is 41.8 Å². The average molecular weight is 299 g/mol. The Morgan fingerprint density at radius 3 is 2.74 bits per heavy atom. The van der Waals surface area contributed by atoms with Crippen LogP contribution in [-0.4, -0.2) is 34.8 Å². The molecular formula is C14H19ClN2OS. The monoisotopic (exact) mass is 298 g/mol. The molecule has 1 N–H and O–H groups in total. The Hall–Kier alpha value is -0.580. The molecule has 1 aliphatic heterocycles. The van der Waals surface area contributed by atoms with Crippen LogP contribution >= 0.6 is 11.6 Å². The quantitative estimate of drug-likeness (QED) is 0.924. The SMILES string of the molecule is O=S1CCN(c2c(Cl)cccc2CNC2CC2)CC1. The number of hydrogen-bond acceptors (Lipinski definition) is 3. The molecule has 0 bridgehead atoms. The van der Waals surface area contributed by atoms with Crippen LogP contribution in [0.1, 0.15) is 18.4 Å². The first-order valence-electron chi connectivity index (χ1n) is 6.85. The molecule has 1 heterocycles. The van der Waals surface area contributed by atoms with Gasteiger partial charge in [0.15, 0.2) is 0 Å². The van der Waals surface area contributed by atoms with Crippen LogP contribution in [0.2, 0.25) is 5.02 Å². The maximum atomic E-state index is 11.5. The fraction of sp³-hybridized carbons (Fsp3) is 0.571. The second-order valence-corrected chi connectivity index (χ2v) is 7.34. The van der Waals surface area contributed by atoms with Gasteiger partial charge in [-0.15, -0.1) is 0 Å². The molecule has 19 heavy (non-hydrogen) atoms. The summed E-state index contributed by atoms with van der Waals surface area (Å²) in [5.41, 5.74) is 2.39. The van der Waals surface area contributed by atoms with Crippen LogP contribution in [0.4, 0.5) is 5.69 Å². The van der Waals surface area contributed by atoms with Crippen molar-refractivity contribution >= 4 is 28.1 Å². The van der Waals surface area contributed by atoms with Gasteiger partial charge in [-0.1, -0.05) is 23.7 Å². The minimum Gasteiger partial charge on any atom is -0.368 e. The number of nitrogens with zero attached hydrogens (tertiary/aromatic N) is 1. The molecule has 0 aromatic heterocycles. The summed E-state index contributed by atoms with van der Waals surface area (Å²) in [5.74, 6) is 1.50. The molecule has 0 unspecified atom stereocenters. The molecule has 0 spiro atoms. The number of hydrogen-bond donors (Lipinski definition) is 1. The minimum absolute atomic E-state index is 0.649. The highest BCUT2D eigenvalue weighted by Crippen LogP contribution is 2.31. The maximum Gasteiger partial charge on any atom is 0.0642 e. The number of benzene rings is 1. The molecule has 3 rings (SSSR count). The summed E-state index contributed by atoms with van der Waals surface area (Å²) in [5, 5.41) is 4.35. The molecule has 0 radical (unpaired) electrons. The summed E-state index contributed by atoms with van der Waals surface area (Å²) in [6.07, 6.45) is 2.58. The van der Waals surface area contributed by atoms with Crippen molar-refractivity contribution in [3.8, 4) is 0 Å². The summed E-state index contributed by atoms with van der Waals surface area (Å²) >= 11 is 6.38. The van der Waals surface area contributed by atoms with E-state index in [1.54, 1.807) is 0 Å². The summed E-state index contributed by atoms with van der Waals surface area (Å²) < 4.78 is 11.5. The van der Waals surface area contributed by atoms with Gasteiger partial charge < -0.3 is 10.2 Å². The van der Waals surface area contributed by atoms with Crippen LogP contribution in [0, 0.1) is 0 Å². The topological polar surface area (TPSA) is 32.3 Å². The van der Waals surface area contributed by atoms with Gasteiger partial charge in [0, 0.05) is 48.0 Å². The van der Waals surface area contributed by atoms with E-state index < -0.39 is 10.8 Å². The summed E-state index contributed by atoms with van der Waals surface area (Å²) in [4.78, 5) is 2.29. The molecule has 0 amide bonds. The van der Waals surface area contributed by atoms with E-state index in [4.69, 9.17) is 11.6 Å². The lowest BCUT2D eigenvalue weighted by atomic mass is 10.1. The standard InChI is InChI=1S/C14H19ClN2OS/c15-13-3-1-2-11(10-16-12-4-5-12)14(13)17-6-8-19(18)9-7-17/h1-3,12,16H,4-10H2. The van der Waals surface area contributed by atoms with Crippen molar-refractivity contribution in [3.63, 3.8) is 0 Å². The fourth-order valence-electron chi connectivity index (χ4n) is 2.46. The molecule has 1 saturated carbocycles. The molecule has 2 fully saturated rings. The first-order chi connectivity index (χ1) is 9.24. The Kier molecular flexibility index (Phi) is 4.10. The van der Waals surface area contributed by atoms with Gasteiger partial charge in [0.1, 0.15) is 0 Å². The summed E-state index contributed by atoms with van der Waals surface area (Å²) in [6, 6.07) is 6.80. The molecule has 5 heteroatoms. The van der Waals surface area contributed by atoms with Crippen molar-refractivity contribution in [1.29, 1.82) is 0 Å². The largest absolute Gasteiger partial charge is 0.368 e. The van der Waals surface area contributed by atoms with Crippen molar-refractivity contribution in [2.24, 2.45) is 0 Å². The van der Waals surface area contributed by atoms with E-state index in [1.807, 2.05) is 12.1 Å². The molecule has 0 atom stereocenters. The highest BCUT2D eigenvalue weighted by atomic mass is 35.5. The summed E-state index contributed by atoms with van der Waals surface area (Å²) in [6.45, 7) is 2.56. The van der Waals surface area contributed by atoms with Gasteiger partial charge in [-0.25, -0.2) is 0 Å². The molecule has 3 nitrogen and oxygen atoms in total. The number of halogens is 1. The molecule has 1 aromatic carbocycles. The third-order valence-electron chi connectivity index (χ3n) is 3.72. The predicted octanol–water partition coefficient (Wildman–Crippen LogP) is 2.16. The van der Waals surface area contributed by atoms with Gasteiger partial charge in [0.05, 0.1) is 10.7 Å². The lowest BCUT2D eigenvalue weighted by Gasteiger charge is -2.31. The minimum atomic E-state index is -0.649. The third-order valence-corrected chi connectivity index (χ3v) is 5.30. The van der Waals surface area contributed by atoms with Gasteiger partial charge in [-0.2, -0.15) is 0 Å². The first-order valence-corrected chi connectivity index (χ1v) is 8.71. The lowest BCUT2D eigenvalue weighted by molar-refractivity contribution is 0.669. The van der Waals surface area contributed by atoms with E-state index in [2.05, 4.69) is 16.3 Å². The van der Waals surface area contributed by atoms with Crippen LogP contribution in [0.5, 0.6) is 0 Å². The smallest absolute Gasteiger partial charge is 0.0642 e. The van der Waals surface area contributed by atoms with Gasteiger partial charge in [0.25, 0.3) is 0 Å². The Balaban J connectivity index is 1.78. The average Bonchev–Trinajstić information content (AvgIpc) is 3.22. The Labute approximate surface area is 121 Å². The van der Waals surface area contributed by atoms with Crippen LogP contribution in [0.25, 0.3) is 0 Å². The highest BCUT2D eigenvalue weighted by Gasteiger charge is 2.23. The Bertz CT molecular complexity index is 480. The fourth-order valence-corrected chi connectivity index (χ4v) is 3.83. The zero-order valence-electron chi connectivity index (χ0n) is 10.9. The second kappa shape index (κ2) is 5.81. The van der Waals surface area contributed by atoms with E-state index in [0.29, 0.717) is 6.04 Å². The molecule has 2 aliphatic rings. The second-order valence-electron chi connectivity index (χ2n) is 5.24. The number of para-hydroxylation sites is 1. The van der Waals surface area contributed by atoms with Crippen molar-refractivity contribution in [1.82, 2.24) is 5.32 Å². The van der Waals surface area contributed by atoms with Crippen LogP contribution in [0.3, 0.4) is 0 Å². The van der Waals surface area contributed by atoms with E-state index in [9.17, 15) is 4.21 Å². The van der Waals surface area contributed by atoms with Gasteiger partial charge in [-0.3, -0.25) is 4.21 Å². The molecule has 104 valence electrons. The lowest BCUT2D eigenvalue weighted by Crippen LogP contribution is -2.38. The van der Waals surface area contributed by atoms with Crippen molar-refractivity contribution in [2.45, 2.75) is 25.4 Å². The van der Waals surface area contributed by atoms with Gasteiger partial charge in [0.2, 0.25) is 0 Å². The van der Waals surface area contributed by atoms with Gasteiger partial charge in [-0.05, 0) is 24.5 Å². The van der Waals surface area contributed by atoms with Crippen molar-refractivity contribution in [2.75, 3.05) is 29.5 Å². The zero-order chi connectivity index (χ0) is 13.2. The van der Waals surface area contributed by atoms with Crippen LogP contribution in [-0.2, 0) is 17.3 Å². The van der Waals surface area contributed by atoms with Crippen molar-refractivity contribution < 1.29 is 4.21 Å². The normalized spacial score (nSPS) is 20.8. The van der Waals surface area contributed by atoms with Crippen LogP contribution < -0.4 is 10.2 Å². The molecular weight excluding hydrogens is 280 g/mol.